The van der Waals surface area contributed by atoms with E-state index < -0.39 is 18.8 Å². The van der Waals surface area contributed by atoms with Gasteiger partial charge in [0.1, 0.15) is 18.8 Å². The average molecular weight is 444 g/mol. The highest BCUT2D eigenvalue weighted by molar-refractivity contribution is 7.99. The number of nitriles is 1. The van der Waals surface area contributed by atoms with Gasteiger partial charge in [-0.2, -0.15) is 5.26 Å². The van der Waals surface area contributed by atoms with Gasteiger partial charge in [-0.1, -0.05) is 0 Å². The minimum Gasteiger partial charge on any atom is -0.372 e. The lowest BCUT2D eigenvalue weighted by Crippen LogP contribution is -2.43. The fraction of sp³-hybridized carbons (Fsp3) is 0.429. The van der Waals surface area contributed by atoms with Crippen molar-refractivity contribution in [1.82, 2.24) is 15.2 Å². The molecule has 3 heterocycles. The van der Waals surface area contributed by atoms with Gasteiger partial charge < -0.3 is 19.9 Å². The van der Waals surface area contributed by atoms with Crippen LogP contribution < -0.4 is 10.2 Å². The van der Waals surface area contributed by atoms with E-state index in [2.05, 4.69) is 16.4 Å². The average Bonchev–Trinajstić information content (AvgIpc) is 3.30. The lowest BCUT2D eigenvalue weighted by atomic mass is 10.1. The van der Waals surface area contributed by atoms with Crippen molar-refractivity contribution in [1.29, 1.82) is 5.26 Å². The quantitative estimate of drug-likeness (QED) is 0.749. The molecule has 2 fully saturated rings. The minimum atomic E-state index is -0.546. The number of ether oxygens (including phenoxy) is 1. The molecule has 2 atom stereocenters. The second-order valence-corrected chi connectivity index (χ2v) is 8.34. The zero-order chi connectivity index (χ0) is 21.8. The van der Waals surface area contributed by atoms with Gasteiger partial charge in [0.05, 0.1) is 36.2 Å². The number of pyridine rings is 1. The van der Waals surface area contributed by atoms with Crippen LogP contribution in [0.1, 0.15) is 10.4 Å². The molecule has 2 saturated heterocycles. The monoisotopic (exact) mass is 443 g/mol. The standard InChI is InChI=1S/C21H22FN5O3S/c22-8-16-11-26(5-6-30-16)14-1-2-19-18(7-14)17(3-4-24-19)21(29)25-10-20(28)27-13-31-12-15(27)9-23/h1-4,7,15-16H,5-6,8,10-13H2,(H,25,29). The molecule has 1 N–H and O–H groups in total. The predicted molar refractivity (Wildman–Crippen MR) is 116 cm³/mol. The van der Waals surface area contributed by atoms with Crippen molar-refractivity contribution in [2.75, 3.05) is 49.4 Å². The normalized spacial score (nSPS) is 21.2. The Balaban J connectivity index is 1.51. The molecule has 4 rings (SSSR count). The molecular weight excluding hydrogens is 421 g/mol. The predicted octanol–water partition coefficient (Wildman–Crippen LogP) is 1.56. The van der Waals surface area contributed by atoms with E-state index >= 15 is 0 Å². The number of amides is 2. The number of thioether (sulfide) groups is 1. The molecule has 0 radical (unpaired) electrons. The first-order chi connectivity index (χ1) is 15.1. The van der Waals surface area contributed by atoms with Crippen molar-refractivity contribution >= 4 is 40.2 Å². The number of morpholine rings is 1. The number of benzene rings is 1. The van der Waals surface area contributed by atoms with Crippen molar-refractivity contribution in [3.63, 3.8) is 0 Å². The van der Waals surface area contributed by atoms with Gasteiger partial charge >= 0.3 is 0 Å². The van der Waals surface area contributed by atoms with Crippen LogP contribution >= 0.6 is 11.8 Å². The molecule has 2 unspecified atom stereocenters. The van der Waals surface area contributed by atoms with Crippen molar-refractivity contribution < 1.29 is 18.7 Å². The van der Waals surface area contributed by atoms with Crippen LogP contribution in [0.3, 0.4) is 0 Å². The Kier molecular flexibility index (Phi) is 6.53. The first kappa shape index (κ1) is 21.3. The lowest BCUT2D eigenvalue weighted by Gasteiger charge is -2.33. The van der Waals surface area contributed by atoms with Gasteiger partial charge in [-0.25, -0.2) is 4.39 Å². The van der Waals surface area contributed by atoms with Gasteiger partial charge in [0.2, 0.25) is 5.91 Å². The number of halogens is 1. The zero-order valence-electron chi connectivity index (χ0n) is 16.8. The molecule has 162 valence electrons. The summed E-state index contributed by atoms with van der Waals surface area (Å²) in [6.45, 7) is 0.782. The van der Waals surface area contributed by atoms with Gasteiger partial charge in [0, 0.05) is 36.1 Å². The van der Waals surface area contributed by atoms with Gasteiger partial charge in [-0.15, -0.1) is 11.8 Å². The Morgan fingerprint density at radius 3 is 3.06 bits per heavy atom. The third-order valence-corrected chi connectivity index (χ3v) is 6.41. The zero-order valence-corrected chi connectivity index (χ0v) is 17.6. The van der Waals surface area contributed by atoms with Crippen molar-refractivity contribution in [2.24, 2.45) is 0 Å². The van der Waals surface area contributed by atoms with Gasteiger partial charge in [-0.05, 0) is 24.3 Å². The summed E-state index contributed by atoms with van der Waals surface area (Å²) in [5.74, 6) is 0.364. The second-order valence-electron chi connectivity index (χ2n) is 7.34. The molecule has 31 heavy (non-hydrogen) atoms. The van der Waals surface area contributed by atoms with E-state index in [1.807, 2.05) is 23.1 Å². The van der Waals surface area contributed by atoms with Crippen LogP contribution in [0.15, 0.2) is 30.5 Å². The van der Waals surface area contributed by atoms with Crippen molar-refractivity contribution in [2.45, 2.75) is 12.1 Å². The number of hydrogen-bond donors (Lipinski definition) is 1. The summed E-state index contributed by atoms with van der Waals surface area (Å²) in [5, 5.41) is 12.5. The van der Waals surface area contributed by atoms with E-state index in [1.165, 1.54) is 16.7 Å². The van der Waals surface area contributed by atoms with Crippen LogP contribution in [-0.4, -0.2) is 78.4 Å². The summed E-state index contributed by atoms with van der Waals surface area (Å²) in [6.07, 6.45) is 1.09. The molecular formula is C21H22FN5O3S. The van der Waals surface area contributed by atoms with Gasteiger partial charge in [0.25, 0.3) is 5.91 Å². The van der Waals surface area contributed by atoms with Crippen LogP contribution in [0.25, 0.3) is 10.9 Å². The molecule has 1 aromatic heterocycles. The molecule has 2 aliphatic heterocycles. The molecule has 1 aromatic carbocycles. The summed E-state index contributed by atoms with van der Waals surface area (Å²) >= 11 is 1.52. The van der Waals surface area contributed by atoms with Crippen LogP contribution in [0.2, 0.25) is 0 Å². The molecule has 0 spiro atoms. The molecule has 8 nitrogen and oxygen atoms in total. The summed E-state index contributed by atoms with van der Waals surface area (Å²) in [5.41, 5.74) is 1.92. The summed E-state index contributed by atoms with van der Waals surface area (Å²) in [6, 6.07) is 8.85. The number of fused-ring (bicyclic) bond motifs is 1. The maximum absolute atomic E-state index is 13.0. The third-order valence-electron chi connectivity index (χ3n) is 5.40. The van der Waals surface area contributed by atoms with Crippen molar-refractivity contribution in [3.05, 3.63) is 36.0 Å². The lowest BCUT2D eigenvalue weighted by molar-refractivity contribution is -0.129. The maximum atomic E-state index is 13.0. The van der Waals surface area contributed by atoms with E-state index in [-0.39, 0.29) is 18.4 Å². The van der Waals surface area contributed by atoms with Crippen LogP contribution in [0.4, 0.5) is 10.1 Å². The topological polar surface area (TPSA) is 98.6 Å². The van der Waals surface area contributed by atoms with E-state index in [4.69, 9.17) is 10.00 Å². The SMILES string of the molecule is N#CC1CSCN1C(=O)CNC(=O)c1ccnc2ccc(N3CCOC(CF)C3)cc12. The molecule has 2 amide bonds. The fourth-order valence-electron chi connectivity index (χ4n) is 3.72. The number of nitrogens with zero attached hydrogens (tertiary/aromatic N) is 4. The molecule has 0 aliphatic carbocycles. The highest BCUT2D eigenvalue weighted by Gasteiger charge is 2.29. The van der Waals surface area contributed by atoms with Gasteiger partial charge in [0.15, 0.2) is 0 Å². The Morgan fingerprint density at radius 2 is 2.26 bits per heavy atom. The van der Waals surface area contributed by atoms with Crippen molar-refractivity contribution in [3.8, 4) is 6.07 Å². The smallest absolute Gasteiger partial charge is 0.252 e. The highest BCUT2D eigenvalue weighted by atomic mass is 32.2. The molecule has 0 saturated carbocycles. The minimum absolute atomic E-state index is 0.178. The number of anilines is 1. The van der Waals surface area contributed by atoms with E-state index in [0.29, 0.717) is 47.8 Å². The number of aromatic nitrogens is 1. The Labute approximate surface area is 183 Å². The Hall–Kier alpha value is -2.90. The molecule has 2 aromatic rings. The number of carbonyl (C=O) groups excluding carboxylic acids is 2. The highest BCUT2D eigenvalue weighted by Crippen LogP contribution is 2.25. The summed E-state index contributed by atoms with van der Waals surface area (Å²) < 4.78 is 18.4. The van der Waals surface area contributed by atoms with Gasteiger partial charge in [-0.3, -0.25) is 14.6 Å². The number of rotatable bonds is 5. The number of carbonyl (C=O) groups is 2. The van der Waals surface area contributed by atoms with Crippen LogP contribution in [-0.2, 0) is 9.53 Å². The maximum Gasteiger partial charge on any atom is 0.252 e. The fourth-order valence-corrected chi connectivity index (χ4v) is 4.83. The van der Waals surface area contributed by atoms with Crippen LogP contribution in [0, 0.1) is 11.3 Å². The molecule has 2 aliphatic rings. The first-order valence-electron chi connectivity index (χ1n) is 9.97. The molecule has 10 heteroatoms. The molecule has 0 bridgehead atoms. The first-order valence-corrected chi connectivity index (χ1v) is 11.1. The Morgan fingerprint density at radius 1 is 1.39 bits per heavy atom. The number of alkyl halides is 1. The summed E-state index contributed by atoms with van der Waals surface area (Å²) in [4.78, 5) is 33.1. The van der Waals surface area contributed by atoms with E-state index in [0.717, 1.165) is 5.69 Å². The number of nitrogens with one attached hydrogen (secondary N) is 1. The third kappa shape index (κ3) is 4.57. The summed E-state index contributed by atoms with van der Waals surface area (Å²) in [7, 11) is 0. The largest absolute Gasteiger partial charge is 0.372 e. The van der Waals surface area contributed by atoms with E-state index in [1.54, 1.807) is 12.3 Å². The number of hydrogen-bond acceptors (Lipinski definition) is 7. The van der Waals surface area contributed by atoms with Crippen LogP contribution in [0.5, 0.6) is 0 Å². The van der Waals surface area contributed by atoms with E-state index in [9.17, 15) is 14.0 Å². The second kappa shape index (κ2) is 9.49. The Bertz CT molecular complexity index is 1030.